The average molecular weight is 282 g/mol. The van der Waals surface area contributed by atoms with Gasteiger partial charge >= 0.3 is 6.09 Å². The van der Waals surface area contributed by atoms with Crippen molar-refractivity contribution in [2.75, 3.05) is 5.32 Å². The summed E-state index contributed by atoms with van der Waals surface area (Å²) in [4.78, 5) is 14.6. The molecular weight excluding hydrogens is 260 g/mol. The lowest BCUT2D eigenvalue weighted by Gasteiger charge is -2.36. The topological polar surface area (TPSA) is 71.5 Å². The van der Waals surface area contributed by atoms with Gasteiger partial charge in [-0.25, -0.2) is 4.79 Å². The van der Waals surface area contributed by atoms with Crippen LogP contribution in [0.4, 0.5) is 10.5 Å². The molecule has 5 nitrogen and oxygen atoms in total. The van der Waals surface area contributed by atoms with E-state index in [1.165, 1.54) is 6.20 Å². The van der Waals surface area contributed by atoms with Crippen LogP contribution in [0, 0.1) is 0 Å². The molecule has 2 N–H and O–H groups in total. The van der Waals surface area contributed by atoms with Crippen LogP contribution in [0.2, 0.25) is 18.1 Å². The monoisotopic (exact) mass is 282 g/mol. The van der Waals surface area contributed by atoms with Crippen molar-refractivity contribution in [3.05, 3.63) is 24.0 Å². The van der Waals surface area contributed by atoms with Gasteiger partial charge in [-0.05, 0) is 29.8 Å². The average Bonchev–Trinajstić information content (AvgIpc) is 2.24. The fraction of sp³-hybridized carbons (Fsp3) is 0.538. The molecule has 0 fully saturated rings. The van der Waals surface area contributed by atoms with Crippen LogP contribution in [0.15, 0.2) is 18.5 Å². The Balaban J connectivity index is 2.71. The van der Waals surface area contributed by atoms with E-state index in [4.69, 9.17) is 9.53 Å². The lowest BCUT2D eigenvalue weighted by molar-refractivity contribution is 0.209. The Morgan fingerprint density at radius 3 is 2.58 bits per heavy atom. The Bertz CT molecular complexity index is 455. The zero-order valence-electron chi connectivity index (χ0n) is 12.2. The molecule has 0 aromatic carbocycles. The van der Waals surface area contributed by atoms with Gasteiger partial charge < -0.3 is 9.53 Å². The summed E-state index contributed by atoms with van der Waals surface area (Å²) in [5.74, 6) is 0. The predicted molar refractivity (Wildman–Crippen MR) is 77.9 cm³/mol. The summed E-state index contributed by atoms with van der Waals surface area (Å²) < 4.78 is 6.06. The van der Waals surface area contributed by atoms with E-state index in [-0.39, 0.29) is 5.04 Å². The van der Waals surface area contributed by atoms with Gasteiger partial charge in [0.25, 0.3) is 0 Å². The first-order chi connectivity index (χ1) is 8.62. The number of aromatic nitrogens is 1. The number of pyridine rings is 1. The number of hydrogen-bond acceptors (Lipinski definition) is 3. The Kier molecular flexibility index (Phi) is 4.70. The van der Waals surface area contributed by atoms with Crippen LogP contribution in [-0.4, -0.2) is 24.5 Å². The van der Waals surface area contributed by atoms with E-state index < -0.39 is 14.4 Å². The fourth-order valence-electron chi connectivity index (χ4n) is 1.24. The van der Waals surface area contributed by atoms with Crippen molar-refractivity contribution in [1.29, 1.82) is 0 Å². The van der Waals surface area contributed by atoms with E-state index in [1.807, 2.05) is 0 Å². The van der Waals surface area contributed by atoms with E-state index in [2.05, 4.69) is 44.2 Å². The highest BCUT2D eigenvalue weighted by Crippen LogP contribution is 2.37. The molecule has 0 saturated carbocycles. The first-order valence-corrected chi connectivity index (χ1v) is 9.10. The smallest absolute Gasteiger partial charge is 0.409 e. The molecule has 0 atom stereocenters. The lowest BCUT2D eigenvalue weighted by atomic mass is 10.2. The Labute approximate surface area is 115 Å². The first kappa shape index (κ1) is 15.7. The van der Waals surface area contributed by atoms with Crippen molar-refractivity contribution in [3.8, 4) is 0 Å². The molecule has 0 spiro atoms. The number of carboxylic acid groups (broad SMARTS) is 1. The van der Waals surface area contributed by atoms with Gasteiger partial charge in [0.2, 0.25) is 0 Å². The zero-order chi connectivity index (χ0) is 14.7. The van der Waals surface area contributed by atoms with Crippen LogP contribution in [0.25, 0.3) is 0 Å². The van der Waals surface area contributed by atoms with E-state index in [0.29, 0.717) is 12.3 Å². The largest absolute Gasteiger partial charge is 0.465 e. The van der Waals surface area contributed by atoms with Gasteiger partial charge in [0.1, 0.15) is 0 Å². The second-order valence-electron chi connectivity index (χ2n) is 6.06. The van der Waals surface area contributed by atoms with Gasteiger partial charge in [-0.3, -0.25) is 10.3 Å². The number of anilines is 1. The van der Waals surface area contributed by atoms with Crippen molar-refractivity contribution in [1.82, 2.24) is 4.98 Å². The van der Waals surface area contributed by atoms with Crippen molar-refractivity contribution < 1.29 is 14.3 Å². The van der Waals surface area contributed by atoms with Crippen LogP contribution in [0.1, 0.15) is 26.3 Å². The van der Waals surface area contributed by atoms with Crippen LogP contribution < -0.4 is 5.32 Å². The summed E-state index contributed by atoms with van der Waals surface area (Å²) in [7, 11) is -1.80. The first-order valence-electron chi connectivity index (χ1n) is 6.20. The second kappa shape index (κ2) is 5.71. The molecule has 19 heavy (non-hydrogen) atoms. The molecule has 0 saturated heterocycles. The predicted octanol–water partition coefficient (Wildman–Crippen LogP) is 3.69. The third kappa shape index (κ3) is 4.64. The minimum Gasteiger partial charge on any atom is -0.465 e. The molecule has 6 heteroatoms. The lowest BCUT2D eigenvalue weighted by Crippen LogP contribution is -2.40. The molecule has 0 unspecified atom stereocenters. The standard InChI is InChI=1S/C13H22N2O3Si/c1-13(2,3)19(4,5)18-9-10-6-11(8-14-7-10)15-12(16)17/h6-8,15H,9H2,1-5H3,(H,16,17). The van der Waals surface area contributed by atoms with E-state index >= 15 is 0 Å². The summed E-state index contributed by atoms with van der Waals surface area (Å²) in [6, 6.07) is 1.74. The van der Waals surface area contributed by atoms with Crippen molar-refractivity contribution in [2.45, 2.75) is 45.5 Å². The van der Waals surface area contributed by atoms with Crippen molar-refractivity contribution >= 4 is 20.1 Å². The van der Waals surface area contributed by atoms with Crippen LogP contribution in [-0.2, 0) is 11.0 Å². The summed E-state index contributed by atoms with van der Waals surface area (Å²) >= 11 is 0. The number of nitrogens with zero attached hydrogens (tertiary/aromatic N) is 1. The molecule has 0 bridgehead atoms. The van der Waals surface area contributed by atoms with Crippen molar-refractivity contribution in [2.24, 2.45) is 0 Å². The Hall–Kier alpha value is -1.40. The number of rotatable bonds is 4. The minimum atomic E-state index is -1.80. The number of amides is 1. The molecule has 1 aromatic heterocycles. The van der Waals surface area contributed by atoms with Gasteiger partial charge in [0.15, 0.2) is 8.32 Å². The highest BCUT2D eigenvalue weighted by molar-refractivity contribution is 6.74. The molecule has 1 aromatic rings. The summed E-state index contributed by atoms with van der Waals surface area (Å²) in [6.45, 7) is 11.4. The third-order valence-corrected chi connectivity index (χ3v) is 7.93. The highest BCUT2D eigenvalue weighted by Gasteiger charge is 2.37. The molecular formula is C13H22N2O3Si. The molecule has 1 heterocycles. The molecule has 0 radical (unpaired) electrons. The second-order valence-corrected chi connectivity index (χ2v) is 10.9. The maximum Gasteiger partial charge on any atom is 0.409 e. The molecule has 1 rings (SSSR count). The summed E-state index contributed by atoms with van der Waals surface area (Å²) in [5.41, 5.74) is 1.33. The van der Waals surface area contributed by atoms with Crippen LogP contribution in [0.5, 0.6) is 0 Å². The maximum atomic E-state index is 10.6. The third-order valence-electron chi connectivity index (χ3n) is 3.45. The Morgan fingerprint density at radius 2 is 2.05 bits per heavy atom. The number of carbonyl (C=O) groups is 1. The zero-order valence-corrected chi connectivity index (χ0v) is 13.2. The normalized spacial score (nSPS) is 12.3. The molecule has 0 aliphatic rings. The molecule has 0 aliphatic heterocycles. The van der Waals surface area contributed by atoms with Gasteiger partial charge in [0.05, 0.1) is 18.5 Å². The van der Waals surface area contributed by atoms with Gasteiger partial charge in [-0.1, -0.05) is 20.8 Å². The number of hydrogen-bond donors (Lipinski definition) is 2. The van der Waals surface area contributed by atoms with Crippen LogP contribution >= 0.6 is 0 Å². The summed E-state index contributed by atoms with van der Waals surface area (Å²) in [5, 5.41) is 11.1. The SMILES string of the molecule is CC(C)(C)[Si](C)(C)OCc1cncc(NC(=O)O)c1. The number of nitrogens with one attached hydrogen (secondary N) is 1. The van der Waals surface area contributed by atoms with Crippen LogP contribution in [0.3, 0.4) is 0 Å². The van der Waals surface area contributed by atoms with Gasteiger partial charge in [-0.2, -0.15) is 0 Å². The minimum absolute atomic E-state index is 0.150. The molecule has 0 aliphatic carbocycles. The van der Waals surface area contributed by atoms with Crippen molar-refractivity contribution in [3.63, 3.8) is 0 Å². The molecule has 1 amide bonds. The fourth-order valence-corrected chi connectivity index (χ4v) is 2.20. The quantitative estimate of drug-likeness (QED) is 0.826. The molecule has 106 valence electrons. The highest BCUT2D eigenvalue weighted by atomic mass is 28.4. The Morgan fingerprint density at radius 1 is 1.42 bits per heavy atom. The van der Waals surface area contributed by atoms with Gasteiger partial charge in [0, 0.05) is 6.20 Å². The van der Waals surface area contributed by atoms with E-state index in [1.54, 1.807) is 12.3 Å². The summed E-state index contributed by atoms with van der Waals surface area (Å²) in [6.07, 6.45) is 2.08. The van der Waals surface area contributed by atoms with Gasteiger partial charge in [-0.15, -0.1) is 0 Å². The maximum absolute atomic E-state index is 10.6. The van der Waals surface area contributed by atoms with E-state index in [9.17, 15) is 4.79 Å². The van der Waals surface area contributed by atoms with E-state index in [0.717, 1.165) is 5.56 Å².